The highest BCUT2D eigenvalue weighted by molar-refractivity contribution is 7.93. The van der Waals surface area contributed by atoms with Gasteiger partial charge in [0.2, 0.25) is 5.13 Å². The van der Waals surface area contributed by atoms with E-state index < -0.39 is 10.0 Å². The summed E-state index contributed by atoms with van der Waals surface area (Å²) in [5.41, 5.74) is 3.50. The van der Waals surface area contributed by atoms with E-state index in [0.29, 0.717) is 6.54 Å². The number of hydrogen-bond acceptors (Lipinski definition) is 6. The van der Waals surface area contributed by atoms with E-state index in [1.54, 1.807) is 18.2 Å². The van der Waals surface area contributed by atoms with Crippen molar-refractivity contribution in [2.24, 2.45) is 0 Å². The maximum Gasteiger partial charge on any atom is 0.263 e. The maximum atomic E-state index is 12.2. The minimum atomic E-state index is -3.62. The maximum absolute atomic E-state index is 12.2. The molecule has 108 valence electrons. The smallest absolute Gasteiger partial charge is 0.263 e. The minimum absolute atomic E-state index is 0.228. The third-order valence-corrected chi connectivity index (χ3v) is 4.85. The first-order valence-corrected chi connectivity index (χ1v) is 8.48. The van der Waals surface area contributed by atoms with Gasteiger partial charge < -0.3 is 5.32 Å². The molecular formula is C12H16N4O2S2. The zero-order chi connectivity index (χ0) is 14.6. The Kier molecular flexibility index (Phi) is 4.69. The van der Waals surface area contributed by atoms with E-state index in [-0.39, 0.29) is 10.0 Å². The Morgan fingerprint density at radius 1 is 1.35 bits per heavy atom. The van der Waals surface area contributed by atoms with Crippen LogP contribution in [0.1, 0.15) is 18.1 Å². The van der Waals surface area contributed by atoms with Crippen LogP contribution in [0.4, 0.5) is 5.13 Å². The molecule has 0 unspecified atom stereocenters. The lowest BCUT2D eigenvalue weighted by molar-refractivity contribution is 0.600. The number of aryl methyl sites for hydroxylation is 1. The number of nitrogens with zero attached hydrogens (tertiary/aromatic N) is 2. The van der Waals surface area contributed by atoms with E-state index >= 15 is 0 Å². The van der Waals surface area contributed by atoms with Crippen molar-refractivity contribution in [3.05, 3.63) is 34.8 Å². The van der Waals surface area contributed by atoms with Gasteiger partial charge in [-0.2, -0.15) is 0 Å². The molecule has 0 atom stereocenters. The van der Waals surface area contributed by atoms with Crippen LogP contribution in [0.15, 0.2) is 28.6 Å². The van der Waals surface area contributed by atoms with Gasteiger partial charge in [0.25, 0.3) is 10.0 Å². The number of aromatic nitrogens is 2. The highest BCUT2D eigenvalue weighted by Crippen LogP contribution is 2.19. The lowest BCUT2D eigenvalue weighted by Crippen LogP contribution is -2.16. The molecule has 1 aromatic carbocycles. The predicted octanol–water partition coefficient (Wildman–Crippen LogP) is 1.76. The van der Waals surface area contributed by atoms with Gasteiger partial charge in [0.15, 0.2) is 0 Å². The van der Waals surface area contributed by atoms with Gasteiger partial charge in [0.05, 0.1) is 4.90 Å². The van der Waals surface area contributed by atoms with Crippen LogP contribution < -0.4 is 10.0 Å². The number of anilines is 1. The Balaban J connectivity index is 2.27. The van der Waals surface area contributed by atoms with Crippen molar-refractivity contribution in [3.8, 4) is 0 Å². The molecule has 0 spiro atoms. The van der Waals surface area contributed by atoms with Gasteiger partial charge in [-0.05, 0) is 36.7 Å². The molecule has 2 N–H and O–H groups in total. The summed E-state index contributed by atoms with van der Waals surface area (Å²) in [6.07, 6.45) is 0. The van der Waals surface area contributed by atoms with Gasteiger partial charge in [0.1, 0.15) is 5.51 Å². The van der Waals surface area contributed by atoms with Crippen molar-refractivity contribution in [1.82, 2.24) is 15.5 Å². The SMILES string of the molecule is CCNCc1cc(S(=O)(=O)Nc2nncs2)ccc1C. The largest absolute Gasteiger partial charge is 0.313 e. The molecule has 2 aromatic rings. The third-order valence-electron chi connectivity index (χ3n) is 2.78. The van der Waals surface area contributed by atoms with Crippen molar-refractivity contribution in [2.45, 2.75) is 25.3 Å². The van der Waals surface area contributed by atoms with Gasteiger partial charge in [-0.25, -0.2) is 8.42 Å². The van der Waals surface area contributed by atoms with Gasteiger partial charge in [-0.3, -0.25) is 4.72 Å². The Hall–Kier alpha value is -1.51. The van der Waals surface area contributed by atoms with E-state index in [9.17, 15) is 8.42 Å². The van der Waals surface area contributed by atoms with Crippen LogP contribution in [-0.4, -0.2) is 25.2 Å². The first-order valence-electron chi connectivity index (χ1n) is 6.12. The van der Waals surface area contributed by atoms with Crippen molar-refractivity contribution in [2.75, 3.05) is 11.3 Å². The number of benzene rings is 1. The Bertz CT molecular complexity index is 669. The monoisotopic (exact) mass is 312 g/mol. The van der Waals surface area contributed by atoms with Crippen LogP contribution in [-0.2, 0) is 16.6 Å². The number of sulfonamides is 1. The number of nitrogens with one attached hydrogen (secondary N) is 2. The summed E-state index contributed by atoms with van der Waals surface area (Å²) >= 11 is 1.14. The molecule has 6 nitrogen and oxygen atoms in total. The second-order valence-corrected chi connectivity index (χ2v) is 6.73. The first kappa shape index (κ1) is 14.9. The topological polar surface area (TPSA) is 84.0 Å². The van der Waals surface area contributed by atoms with E-state index in [1.807, 2.05) is 13.8 Å². The summed E-state index contributed by atoms with van der Waals surface area (Å²) in [6.45, 7) is 5.44. The average Bonchev–Trinajstić information content (AvgIpc) is 2.89. The highest BCUT2D eigenvalue weighted by atomic mass is 32.2. The molecule has 20 heavy (non-hydrogen) atoms. The predicted molar refractivity (Wildman–Crippen MR) is 79.3 cm³/mol. The Labute approximate surface area is 122 Å². The van der Waals surface area contributed by atoms with Gasteiger partial charge in [0, 0.05) is 6.54 Å². The molecule has 0 fully saturated rings. The first-order chi connectivity index (χ1) is 9.53. The van der Waals surface area contributed by atoms with Gasteiger partial charge in [-0.15, -0.1) is 10.2 Å². The molecule has 0 bridgehead atoms. The van der Waals surface area contributed by atoms with Crippen LogP contribution >= 0.6 is 11.3 Å². The van der Waals surface area contributed by atoms with Gasteiger partial charge >= 0.3 is 0 Å². The lowest BCUT2D eigenvalue weighted by atomic mass is 10.1. The fraction of sp³-hybridized carbons (Fsp3) is 0.333. The van der Waals surface area contributed by atoms with Crippen LogP contribution in [0.5, 0.6) is 0 Å². The zero-order valence-corrected chi connectivity index (χ0v) is 12.9. The summed E-state index contributed by atoms with van der Waals surface area (Å²) in [5.74, 6) is 0. The zero-order valence-electron chi connectivity index (χ0n) is 11.3. The molecule has 0 aliphatic heterocycles. The van der Waals surface area contributed by atoms with Crippen molar-refractivity contribution in [1.29, 1.82) is 0 Å². The lowest BCUT2D eigenvalue weighted by Gasteiger charge is -2.10. The highest BCUT2D eigenvalue weighted by Gasteiger charge is 2.16. The molecular weight excluding hydrogens is 296 g/mol. The van der Waals surface area contributed by atoms with E-state index in [0.717, 1.165) is 29.0 Å². The van der Waals surface area contributed by atoms with Crippen LogP contribution in [0, 0.1) is 6.92 Å². The number of hydrogen-bond donors (Lipinski definition) is 2. The summed E-state index contributed by atoms with van der Waals surface area (Å²) in [6, 6.07) is 5.08. The Morgan fingerprint density at radius 2 is 2.15 bits per heavy atom. The summed E-state index contributed by atoms with van der Waals surface area (Å²) in [7, 11) is -3.62. The quantitative estimate of drug-likeness (QED) is 0.849. The molecule has 0 amide bonds. The van der Waals surface area contributed by atoms with Crippen LogP contribution in [0.25, 0.3) is 0 Å². The Morgan fingerprint density at radius 3 is 2.80 bits per heavy atom. The molecule has 2 rings (SSSR count). The van der Waals surface area contributed by atoms with E-state index in [4.69, 9.17) is 0 Å². The van der Waals surface area contributed by atoms with E-state index in [1.165, 1.54) is 5.51 Å². The third kappa shape index (κ3) is 3.53. The van der Waals surface area contributed by atoms with Crippen LogP contribution in [0.3, 0.4) is 0 Å². The molecule has 0 radical (unpaired) electrons. The van der Waals surface area contributed by atoms with Crippen molar-refractivity contribution in [3.63, 3.8) is 0 Å². The second kappa shape index (κ2) is 6.29. The molecule has 1 aromatic heterocycles. The normalized spacial score (nSPS) is 11.5. The fourth-order valence-corrected chi connectivity index (χ4v) is 3.40. The summed E-state index contributed by atoms with van der Waals surface area (Å²) in [5, 5.41) is 10.7. The van der Waals surface area contributed by atoms with Crippen LogP contribution in [0.2, 0.25) is 0 Å². The van der Waals surface area contributed by atoms with Crippen molar-refractivity contribution < 1.29 is 8.42 Å². The van der Waals surface area contributed by atoms with Crippen molar-refractivity contribution >= 4 is 26.5 Å². The molecule has 0 saturated carbocycles. The molecule has 0 saturated heterocycles. The fourth-order valence-electron chi connectivity index (χ4n) is 1.66. The number of rotatable bonds is 6. The molecule has 1 heterocycles. The molecule has 0 aliphatic carbocycles. The molecule has 8 heteroatoms. The summed E-state index contributed by atoms with van der Waals surface area (Å²) < 4.78 is 26.9. The van der Waals surface area contributed by atoms with Gasteiger partial charge in [-0.1, -0.05) is 24.3 Å². The summed E-state index contributed by atoms with van der Waals surface area (Å²) in [4.78, 5) is 0.228. The average molecular weight is 312 g/mol. The molecule has 0 aliphatic rings. The van der Waals surface area contributed by atoms with E-state index in [2.05, 4.69) is 20.2 Å². The second-order valence-electron chi connectivity index (χ2n) is 4.22. The standard InChI is InChI=1S/C12H16N4O2S2/c1-3-13-7-10-6-11(5-4-9(10)2)20(17,18)16-12-15-14-8-19-12/h4-6,8,13H,3,7H2,1-2H3,(H,15,16). The minimum Gasteiger partial charge on any atom is -0.313 e.